The van der Waals surface area contributed by atoms with Crippen LogP contribution in [0.1, 0.15) is 23.1 Å². The molecule has 1 atom stereocenters. The molecule has 0 bridgehead atoms. The van der Waals surface area contributed by atoms with Crippen LogP contribution in [-0.4, -0.2) is 40.2 Å². The number of benzene rings is 3. The molecule has 3 aromatic carbocycles. The summed E-state index contributed by atoms with van der Waals surface area (Å²) in [6.07, 6.45) is 4.64. The fourth-order valence-electron chi connectivity index (χ4n) is 5.93. The SMILES string of the molecule is Cc1cc2c(cnn2-c2ccc(=O)n(C)c2)cc1C1(Cc2ccccc2)CCN(S(=O)(=O)c2ccc(F)c(F)c2)C1. The summed E-state index contributed by atoms with van der Waals surface area (Å²) in [4.78, 5) is 11.6. The van der Waals surface area contributed by atoms with Gasteiger partial charge in [-0.05, 0) is 72.9 Å². The molecule has 10 heteroatoms. The molecule has 1 aliphatic rings. The number of nitrogens with zero attached hydrogens (tertiary/aromatic N) is 4. The highest BCUT2D eigenvalue weighted by atomic mass is 32.2. The minimum atomic E-state index is -4.06. The van der Waals surface area contributed by atoms with E-state index >= 15 is 0 Å². The summed E-state index contributed by atoms with van der Waals surface area (Å²) in [7, 11) is -2.37. The Labute approximate surface area is 236 Å². The van der Waals surface area contributed by atoms with Gasteiger partial charge in [0.25, 0.3) is 0 Å². The van der Waals surface area contributed by atoms with E-state index in [1.54, 1.807) is 30.2 Å². The minimum absolute atomic E-state index is 0.115. The standard InChI is InChI=1S/C31H28F2N4O3S/c1-21-14-29-23(18-34-37(29)24-8-11-30(38)35(2)19-24)15-26(21)31(17-22-6-4-3-5-7-22)12-13-36(20-31)41(39,40)25-9-10-27(32)28(33)16-25/h3-11,14-16,18-19H,12-13,17,20H2,1-2H3. The van der Waals surface area contributed by atoms with Crippen LogP contribution in [0.5, 0.6) is 0 Å². The highest BCUT2D eigenvalue weighted by Crippen LogP contribution is 2.42. The summed E-state index contributed by atoms with van der Waals surface area (Å²) in [5.74, 6) is -2.29. The fourth-order valence-corrected chi connectivity index (χ4v) is 7.47. The van der Waals surface area contributed by atoms with Crippen molar-refractivity contribution in [2.24, 2.45) is 7.05 Å². The molecule has 0 spiro atoms. The molecule has 5 aromatic rings. The van der Waals surface area contributed by atoms with Crippen LogP contribution in [0.25, 0.3) is 16.6 Å². The molecule has 1 saturated heterocycles. The van der Waals surface area contributed by atoms with E-state index in [4.69, 9.17) is 0 Å². The van der Waals surface area contributed by atoms with Gasteiger partial charge in [-0.2, -0.15) is 9.40 Å². The minimum Gasteiger partial charge on any atom is -0.316 e. The first-order valence-corrected chi connectivity index (χ1v) is 14.7. The van der Waals surface area contributed by atoms with Gasteiger partial charge in [0.15, 0.2) is 11.6 Å². The van der Waals surface area contributed by atoms with Crippen molar-refractivity contribution >= 4 is 20.9 Å². The van der Waals surface area contributed by atoms with Crippen molar-refractivity contribution in [2.45, 2.75) is 30.1 Å². The highest BCUT2D eigenvalue weighted by molar-refractivity contribution is 7.89. The van der Waals surface area contributed by atoms with E-state index < -0.39 is 27.1 Å². The molecule has 0 aliphatic carbocycles. The van der Waals surface area contributed by atoms with Crippen molar-refractivity contribution in [3.63, 3.8) is 0 Å². The maximum absolute atomic E-state index is 14.0. The normalized spacial score (nSPS) is 17.9. The Balaban J connectivity index is 1.44. The molecular formula is C31H28F2N4O3S. The molecule has 210 valence electrons. The van der Waals surface area contributed by atoms with Crippen molar-refractivity contribution in [2.75, 3.05) is 13.1 Å². The number of hydrogen-bond donors (Lipinski definition) is 0. The summed E-state index contributed by atoms with van der Waals surface area (Å²) in [5, 5.41) is 5.47. The lowest BCUT2D eigenvalue weighted by Gasteiger charge is -2.32. The van der Waals surface area contributed by atoms with E-state index in [0.29, 0.717) is 12.8 Å². The molecule has 1 aliphatic heterocycles. The second-order valence-corrected chi connectivity index (χ2v) is 12.7. The van der Waals surface area contributed by atoms with Crippen molar-refractivity contribution < 1.29 is 17.2 Å². The third kappa shape index (κ3) is 4.76. The van der Waals surface area contributed by atoms with Crippen LogP contribution in [0.15, 0.2) is 94.9 Å². The molecule has 2 aromatic heterocycles. The zero-order valence-electron chi connectivity index (χ0n) is 22.6. The molecule has 41 heavy (non-hydrogen) atoms. The lowest BCUT2D eigenvalue weighted by atomic mass is 9.73. The summed E-state index contributed by atoms with van der Waals surface area (Å²) in [5.41, 5.74) is 3.99. The first kappa shape index (κ1) is 27.0. The van der Waals surface area contributed by atoms with Crippen LogP contribution in [0.3, 0.4) is 0 Å². The Morgan fingerprint density at radius 2 is 1.76 bits per heavy atom. The Hall–Kier alpha value is -4.15. The van der Waals surface area contributed by atoms with Crippen LogP contribution in [0.4, 0.5) is 8.78 Å². The number of fused-ring (bicyclic) bond motifs is 1. The molecule has 7 nitrogen and oxygen atoms in total. The monoisotopic (exact) mass is 574 g/mol. The number of aromatic nitrogens is 3. The van der Waals surface area contributed by atoms with Gasteiger partial charge in [0.1, 0.15) is 0 Å². The lowest BCUT2D eigenvalue weighted by Crippen LogP contribution is -2.36. The zero-order chi connectivity index (χ0) is 28.9. The van der Waals surface area contributed by atoms with E-state index in [0.717, 1.165) is 51.5 Å². The van der Waals surface area contributed by atoms with E-state index in [2.05, 4.69) is 11.2 Å². The summed E-state index contributed by atoms with van der Waals surface area (Å²) in [6.45, 7) is 2.43. The van der Waals surface area contributed by atoms with E-state index in [9.17, 15) is 22.0 Å². The van der Waals surface area contributed by atoms with Gasteiger partial charge in [-0.3, -0.25) is 4.79 Å². The summed E-state index contributed by atoms with van der Waals surface area (Å²) in [6, 6.07) is 20.0. The number of rotatable bonds is 6. The number of aryl methyl sites for hydroxylation is 2. The van der Waals surface area contributed by atoms with E-state index in [-0.39, 0.29) is 23.5 Å². The first-order chi connectivity index (χ1) is 19.6. The average molecular weight is 575 g/mol. The largest absolute Gasteiger partial charge is 0.316 e. The second kappa shape index (κ2) is 10.0. The quantitative estimate of drug-likeness (QED) is 0.290. The molecular weight excluding hydrogens is 546 g/mol. The summed E-state index contributed by atoms with van der Waals surface area (Å²) >= 11 is 0. The van der Waals surface area contributed by atoms with E-state index in [1.165, 1.54) is 14.9 Å². The Bertz CT molecular complexity index is 1950. The molecule has 0 amide bonds. The average Bonchev–Trinajstić information content (AvgIpc) is 3.57. The smallest absolute Gasteiger partial charge is 0.250 e. The highest BCUT2D eigenvalue weighted by Gasteiger charge is 2.45. The van der Waals surface area contributed by atoms with Gasteiger partial charge >= 0.3 is 0 Å². The second-order valence-electron chi connectivity index (χ2n) is 10.7. The van der Waals surface area contributed by atoms with Crippen molar-refractivity contribution in [3.8, 4) is 5.69 Å². The van der Waals surface area contributed by atoms with Crippen molar-refractivity contribution in [3.05, 3.63) is 124 Å². The molecule has 1 unspecified atom stereocenters. The first-order valence-electron chi connectivity index (χ1n) is 13.2. The van der Waals surface area contributed by atoms with Crippen molar-refractivity contribution in [1.29, 1.82) is 0 Å². The third-order valence-corrected chi connectivity index (χ3v) is 9.87. The van der Waals surface area contributed by atoms with Crippen LogP contribution >= 0.6 is 0 Å². The van der Waals surface area contributed by atoms with Gasteiger partial charge < -0.3 is 4.57 Å². The molecule has 0 N–H and O–H groups in total. The van der Waals surface area contributed by atoms with Crippen LogP contribution in [0.2, 0.25) is 0 Å². The topological polar surface area (TPSA) is 77.2 Å². The van der Waals surface area contributed by atoms with Crippen LogP contribution in [0, 0.1) is 18.6 Å². The number of pyridine rings is 1. The molecule has 0 saturated carbocycles. The van der Waals surface area contributed by atoms with Crippen LogP contribution in [-0.2, 0) is 28.9 Å². The lowest BCUT2D eigenvalue weighted by molar-refractivity contribution is 0.413. The van der Waals surface area contributed by atoms with E-state index in [1.807, 2.05) is 43.3 Å². The number of halogens is 2. The third-order valence-electron chi connectivity index (χ3n) is 8.03. The van der Waals surface area contributed by atoms with Gasteiger partial charge in [-0.1, -0.05) is 30.3 Å². The molecule has 0 radical (unpaired) electrons. The van der Waals surface area contributed by atoms with Gasteiger partial charge in [-0.15, -0.1) is 0 Å². The van der Waals surface area contributed by atoms with Gasteiger partial charge in [-0.25, -0.2) is 21.9 Å². The molecule has 6 rings (SSSR count). The zero-order valence-corrected chi connectivity index (χ0v) is 23.4. The fraction of sp³-hybridized carbons (Fsp3) is 0.226. The number of hydrogen-bond acceptors (Lipinski definition) is 4. The molecule has 1 fully saturated rings. The van der Waals surface area contributed by atoms with Gasteiger partial charge in [0, 0.05) is 43.2 Å². The van der Waals surface area contributed by atoms with Crippen molar-refractivity contribution in [1.82, 2.24) is 18.7 Å². The number of sulfonamides is 1. The van der Waals surface area contributed by atoms with Gasteiger partial charge in [0.05, 0.1) is 22.3 Å². The summed E-state index contributed by atoms with van der Waals surface area (Å²) < 4.78 is 59.4. The Kier molecular flexibility index (Phi) is 6.62. The predicted molar refractivity (Wildman–Crippen MR) is 153 cm³/mol. The Morgan fingerprint density at radius 3 is 2.49 bits per heavy atom. The van der Waals surface area contributed by atoms with Gasteiger partial charge in [0.2, 0.25) is 15.6 Å². The van der Waals surface area contributed by atoms with Crippen LogP contribution < -0.4 is 5.56 Å². The predicted octanol–water partition coefficient (Wildman–Crippen LogP) is 4.89. The Morgan fingerprint density at radius 1 is 0.976 bits per heavy atom. The molecule has 3 heterocycles. The maximum atomic E-state index is 14.0. The maximum Gasteiger partial charge on any atom is 0.250 e.